The summed E-state index contributed by atoms with van der Waals surface area (Å²) in [5.74, 6) is -0.979. The molecule has 0 atom stereocenters. The smallest absolute Gasteiger partial charge is 0.139 e. The van der Waals surface area contributed by atoms with Gasteiger partial charge in [0.2, 0.25) is 0 Å². The van der Waals surface area contributed by atoms with Crippen LogP contribution in [0.2, 0.25) is 0 Å². The second-order valence-electron chi connectivity index (χ2n) is 4.51. The molecule has 1 aromatic heterocycles. The van der Waals surface area contributed by atoms with Crippen LogP contribution < -0.4 is 0 Å². The summed E-state index contributed by atoms with van der Waals surface area (Å²) in [5.41, 5.74) is 1.98. The van der Waals surface area contributed by atoms with Gasteiger partial charge in [-0.2, -0.15) is 0 Å². The summed E-state index contributed by atoms with van der Waals surface area (Å²) in [6, 6.07) is 14.5. The molecular weight excluding hydrogens is 290 g/mol. The van der Waals surface area contributed by atoms with E-state index in [0.717, 1.165) is 17.3 Å². The summed E-state index contributed by atoms with van der Waals surface area (Å²) >= 11 is 5.13. The second kappa shape index (κ2) is 5.54. The molecule has 0 bridgehead atoms. The molecule has 5 heteroatoms. The summed E-state index contributed by atoms with van der Waals surface area (Å²) in [4.78, 5) is 7.20. The van der Waals surface area contributed by atoms with Crippen LogP contribution in [0, 0.1) is 16.3 Å². The van der Waals surface area contributed by atoms with Crippen LogP contribution in [0.15, 0.2) is 54.6 Å². The van der Waals surface area contributed by atoms with Gasteiger partial charge in [0.15, 0.2) is 0 Å². The van der Waals surface area contributed by atoms with Gasteiger partial charge in [0.25, 0.3) is 0 Å². The van der Waals surface area contributed by atoms with Gasteiger partial charge >= 0.3 is 0 Å². The lowest BCUT2D eigenvalue weighted by Gasteiger charge is -2.07. The van der Waals surface area contributed by atoms with E-state index >= 15 is 0 Å². The highest BCUT2D eigenvalue weighted by molar-refractivity contribution is 7.71. The quantitative estimate of drug-likeness (QED) is 0.692. The van der Waals surface area contributed by atoms with Crippen molar-refractivity contribution in [1.29, 1.82) is 0 Å². The Morgan fingerprint density at radius 2 is 1.52 bits per heavy atom. The molecule has 3 rings (SSSR count). The first-order valence-corrected chi connectivity index (χ1v) is 6.66. The van der Waals surface area contributed by atoms with E-state index in [1.54, 1.807) is 6.07 Å². The third-order valence-electron chi connectivity index (χ3n) is 2.96. The second-order valence-corrected chi connectivity index (χ2v) is 4.92. The number of aromatic amines is 1. The Kier molecular flexibility index (Phi) is 3.58. The third-order valence-corrected chi connectivity index (χ3v) is 3.17. The zero-order valence-corrected chi connectivity index (χ0v) is 11.6. The highest BCUT2D eigenvalue weighted by atomic mass is 32.1. The van der Waals surface area contributed by atoms with Crippen molar-refractivity contribution >= 4 is 12.2 Å². The number of benzene rings is 2. The van der Waals surface area contributed by atoms with Crippen molar-refractivity contribution in [2.45, 2.75) is 0 Å². The first-order chi connectivity index (χ1) is 10.1. The van der Waals surface area contributed by atoms with Crippen molar-refractivity contribution in [2.75, 3.05) is 0 Å². The summed E-state index contributed by atoms with van der Waals surface area (Å²) in [5, 5.41) is 0. The van der Waals surface area contributed by atoms with Gasteiger partial charge in [-0.1, -0.05) is 42.5 Å². The van der Waals surface area contributed by atoms with E-state index in [9.17, 15) is 8.78 Å². The molecule has 0 saturated heterocycles. The molecule has 0 aliphatic carbocycles. The summed E-state index contributed by atoms with van der Waals surface area (Å²) in [6.07, 6.45) is 0. The maximum atomic E-state index is 13.3. The maximum Gasteiger partial charge on any atom is 0.139 e. The fourth-order valence-corrected chi connectivity index (χ4v) is 2.27. The molecule has 0 saturated carbocycles. The average molecular weight is 300 g/mol. The van der Waals surface area contributed by atoms with Gasteiger partial charge in [-0.25, -0.2) is 13.8 Å². The van der Waals surface area contributed by atoms with E-state index in [4.69, 9.17) is 12.2 Å². The van der Waals surface area contributed by atoms with Gasteiger partial charge in [-0.15, -0.1) is 0 Å². The minimum atomic E-state index is -0.656. The number of hydrogen-bond acceptors (Lipinski definition) is 2. The molecule has 1 N–H and O–H groups in total. The van der Waals surface area contributed by atoms with E-state index < -0.39 is 11.6 Å². The van der Waals surface area contributed by atoms with Crippen LogP contribution in [0.1, 0.15) is 0 Å². The lowest BCUT2D eigenvalue weighted by atomic mass is 10.1. The van der Waals surface area contributed by atoms with Crippen LogP contribution >= 0.6 is 12.2 Å². The number of halogens is 2. The van der Waals surface area contributed by atoms with Gasteiger partial charge in [0.1, 0.15) is 22.1 Å². The van der Waals surface area contributed by atoms with Crippen molar-refractivity contribution in [3.63, 3.8) is 0 Å². The molecule has 0 unspecified atom stereocenters. The van der Waals surface area contributed by atoms with Crippen LogP contribution in [-0.2, 0) is 0 Å². The van der Waals surface area contributed by atoms with Crippen molar-refractivity contribution in [1.82, 2.24) is 9.97 Å². The van der Waals surface area contributed by atoms with Crippen LogP contribution in [-0.4, -0.2) is 9.97 Å². The predicted molar refractivity (Wildman–Crippen MR) is 80.2 cm³/mol. The molecule has 0 amide bonds. The zero-order valence-electron chi connectivity index (χ0n) is 10.8. The number of rotatable bonds is 2. The number of aromatic nitrogens is 2. The Bertz CT molecular complexity index is 824. The minimum Gasteiger partial charge on any atom is -0.339 e. The normalized spacial score (nSPS) is 10.6. The monoisotopic (exact) mass is 300 g/mol. The molecule has 21 heavy (non-hydrogen) atoms. The standard InChI is InChI=1S/C16H10F2N2S/c17-12-6-11(7-13(18)8-12)16-19-14(9-15(21)20-16)10-4-2-1-3-5-10/h1-9H,(H,19,20,21). The van der Waals surface area contributed by atoms with Crippen LogP contribution in [0.25, 0.3) is 22.6 Å². The molecule has 3 aromatic rings. The van der Waals surface area contributed by atoms with Crippen LogP contribution in [0.3, 0.4) is 0 Å². The lowest BCUT2D eigenvalue weighted by molar-refractivity contribution is 0.584. The number of H-pyrrole nitrogens is 1. The highest BCUT2D eigenvalue weighted by Crippen LogP contribution is 2.22. The number of nitrogens with zero attached hydrogens (tertiary/aromatic N) is 1. The Balaban J connectivity index is 2.16. The molecule has 0 aliphatic rings. The van der Waals surface area contributed by atoms with E-state index in [0.29, 0.717) is 16.0 Å². The van der Waals surface area contributed by atoms with Gasteiger partial charge < -0.3 is 4.98 Å². The number of nitrogens with one attached hydrogen (secondary N) is 1. The number of hydrogen-bond donors (Lipinski definition) is 1. The Hall–Kier alpha value is -2.40. The fourth-order valence-electron chi connectivity index (χ4n) is 2.06. The van der Waals surface area contributed by atoms with Gasteiger partial charge in [0, 0.05) is 17.3 Å². The van der Waals surface area contributed by atoms with Crippen molar-refractivity contribution < 1.29 is 8.78 Å². The molecule has 104 valence electrons. The predicted octanol–water partition coefficient (Wildman–Crippen LogP) is 4.75. The third kappa shape index (κ3) is 3.03. The fraction of sp³-hybridized carbons (Fsp3) is 0. The molecule has 0 radical (unpaired) electrons. The van der Waals surface area contributed by atoms with Crippen molar-refractivity contribution in [3.05, 3.63) is 70.9 Å². The topological polar surface area (TPSA) is 28.7 Å². The van der Waals surface area contributed by atoms with E-state index in [1.807, 2.05) is 30.3 Å². The molecule has 0 spiro atoms. The summed E-state index contributed by atoms with van der Waals surface area (Å²) in [7, 11) is 0. The molecule has 0 aliphatic heterocycles. The van der Waals surface area contributed by atoms with Gasteiger partial charge in [-0.05, 0) is 23.8 Å². The summed E-state index contributed by atoms with van der Waals surface area (Å²) < 4.78 is 27.0. The van der Waals surface area contributed by atoms with Gasteiger partial charge in [0.05, 0.1) is 0 Å². The van der Waals surface area contributed by atoms with Crippen LogP contribution in [0.5, 0.6) is 0 Å². The molecule has 1 heterocycles. The van der Waals surface area contributed by atoms with Gasteiger partial charge in [-0.3, -0.25) is 0 Å². The van der Waals surface area contributed by atoms with E-state index in [-0.39, 0.29) is 0 Å². The minimum absolute atomic E-state index is 0.316. The van der Waals surface area contributed by atoms with Crippen molar-refractivity contribution in [2.24, 2.45) is 0 Å². The molecule has 2 nitrogen and oxygen atoms in total. The Labute approximate surface area is 125 Å². The maximum absolute atomic E-state index is 13.3. The summed E-state index contributed by atoms with van der Waals surface area (Å²) in [6.45, 7) is 0. The zero-order chi connectivity index (χ0) is 14.8. The highest BCUT2D eigenvalue weighted by Gasteiger charge is 2.07. The SMILES string of the molecule is Fc1cc(F)cc(-c2nc(=S)cc(-c3ccccc3)[nH]2)c1. The Morgan fingerprint density at radius 3 is 2.19 bits per heavy atom. The molecular formula is C16H10F2N2S. The molecule has 0 fully saturated rings. The van der Waals surface area contributed by atoms with Crippen LogP contribution in [0.4, 0.5) is 8.78 Å². The first-order valence-electron chi connectivity index (χ1n) is 6.25. The van der Waals surface area contributed by atoms with E-state index in [1.165, 1.54) is 12.1 Å². The molecule has 2 aromatic carbocycles. The average Bonchev–Trinajstić information content (AvgIpc) is 2.46. The largest absolute Gasteiger partial charge is 0.339 e. The lowest BCUT2D eigenvalue weighted by Crippen LogP contribution is -1.94. The first kappa shape index (κ1) is 13.6. The van der Waals surface area contributed by atoms with E-state index in [2.05, 4.69) is 9.97 Å². The Morgan fingerprint density at radius 1 is 0.857 bits per heavy atom. The van der Waals surface area contributed by atoms with Crippen molar-refractivity contribution in [3.8, 4) is 22.6 Å².